The van der Waals surface area contributed by atoms with Gasteiger partial charge >= 0.3 is 0 Å². The molecule has 0 aliphatic rings. The molecule has 1 aromatic heterocycles. The number of thiazole rings is 1. The van der Waals surface area contributed by atoms with Crippen molar-refractivity contribution in [2.75, 3.05) is 0 Å². The number of rotatable bonds is 2. The van der Waals surface area contributed by atoms with Gasteiger partial charge in [0.1, 0.15) is 10.8 Å². The lowest BCUT2D eigenvalue weighted by molar-refractivity contribution is 0.646. The van der Waals surface area contributed by atoms with Crippen molar-refractivity contribution in [1.82, 2.24) is 4.98 Å². The van der Waals surface area contributed by atoms with Crippen molar-refractivity contribution in [1.29, 1.82) is 0 Å². The maximum Gasteiger partial charge on any atom is 0.123 e. The van der Waals surface area contributed by atoms with Crippen LogP contribution in [0.2, 0.25) is 0 Å². The summed E-state index contributed by atoms with van der Waals surface area (Å²) in [5.41, 5.74) is 1.13. The molecule has 0 saturated heterocycles. The van der Waals surface area contributed by atoms with Crippen LogP contribution in [0.3, 0.4) is 0 Å². The molecular formula is C9H8NOPS. The molecule has 13 heavy (non-hydrogen) atoms. The summed E-state index contributed by atoms with van der Waals surface area (Å²) in [5, 5.41) is 3.00. The Balaban J connectivity index is 2.33. The Bertz CT molecular complexity index is 371. The van der Waals surface area contributed by atoms with E-state index < -0.39 is 0 Å². The molecule has 0 radical (unpaired) electrons. The second kappa shape index (κ2) is 3.86. The number of nitrogens with zero attached hydrogens (tertiary/aromatic N) is 1. The van der Waals surface area contributed by atoms with Crippen molar-refractivity contribution in [3.8, 4) is 16.3 Å². The number of aromatic nitrogens is 1. The molecule has 2 nitrogen and oxygen atoms in total. The second-order valence-electron chi connectivity index (χ2n) is 2.48. The minimum atomic E-state index is 0.838. The average molecular weight is 209 g/mol. The molecule has 0 aliphatic carbocycles. The van der Waals surface area contributed by atoms with Gasteiger partial charge < -0.3 is 4.52 Å². The summed E-state index contributed by atoms with van der Waals surface area (Å²) >= 11 is 1.63. The lowest BCUT2D eigenvalue weighted by Gasteiger charge is -1.99. The summed E-state index contributed by atoms with van der Waals surface area (Å²) in [4.78, 5) is 4.21. The Labute approximate surface area is 82.9 Å². The van der Waals surface area contributed by atoms with E-state index >= 15 is 0 Å². The first-order valence-corrected chi connectivity index (χ1v) is 5.12. The van der Waals surface area contributed by atoms with Gasteiger partial charge in [0.25, 0.3) is 0 Å². The molecule has 0 N–H and O–H groups in total. The molecule has 2 aromatic rings. The van der Waals surface area contributed by atoms with E-state index in [1.165, 1.54) is 0 Å². The van der Waals surface area contributed by atoms with Crippen LogP contribution in [0.5, 0.6) is 5.75 Å². The SMILES string of the molecule is POc1ccc(-c2nccs2)cc1. The van der Waals surface area contributed by atoms with Gasteiger partial charge in [0.05, 0.1) is 9.47 Å². The van der Waals surface area contributed by atoms with E-state index in [-0.39, 0.29) is 0 Å². The zero-order valence-electron chi connectivity index (χ0n) is 6.81. The van der Waals surface area contributed by atoms with E-state index in [0.29, 0.717) is 0 Å². The van der Waals surface area contributed by atoms with Crippen molar-refractivity contribution in [2.24, 2.45) is 0 Å². The van der Waals surface area contributed by atoms with Crippen molar-refractivity contribution in [2.45, 2.75) is 0 Å². The largest absolute Gasteiger partial charge is 0.480 e. The molecule has 0 bridgehead atoms. The molecule has 1 aromatic carbocycles. The fourth-order valence-corrected chi connectivity index (χ4v) is 1.84. The van der Waals surface area contributed by atoms with E-state index in [2.05, 4.69) is 14.5 Å². The van der Waals surface area contributed by atoms with Crippen molar-refractivity contribution < 1.29 is 4.52 Å². The fraction of sp³-hybridized carbons (Fsp3) is 0. The summed E-state index contributed by atoms with van der Waals surface area (Å²) in [6.07, 6.45) is 1.81. The standard InChI is InChI=1S/C9H8NOPS/c12-11-8-3-1-7(2-4-8)9-10-5-6-13-9/h1-6H,12H2. The molecule has 0 spiro atoms. The van der Waals surface area contributed by atoms with Crippen LogP contribution in [0.15, 0.2) is 35.8 Å². The molecule has 0 aliphatic heterocycles. The smallest absolute Gasteiger partial charge is 0.123 e. The lowest BCUT2D eigenvalue weighted by atomic mass is 10.2. The van der Waals surface area contributed by atoms with Crippen LogP contribution in [0.25, 0.3) is 10.6 Å². The van der Waals surface area contributed by atoms with Gasteiger partial charge in [-0.25, -0.2) is 4.98 Å². The van der Waals surface area contributed by atoms with Gasteiger partial charge in [-0.1, -0.05) is 0 Å². The Hall–Kier alpha value is -0.920. The summed E-state index contributed by atoms with van der Waals surface area (Å²) in [6, 6.07) is 7.84. The average Bonchev–Trinajstić information content (AvgIpc) is 2.71. The van der Waals surface area contributed by atoms with Gasteiger partial charge in [-0.3, -0.25) is 0 Å². The first kappa shape index (κ1) is 8.67. The Morgan fingerprint density at radius 3 is 2.54 bits per heavy atom. The summed E-state index contributed by atoms with van der Waals surface area (Å²) in [6.45, 7) is 0. The fourth-order valence-electron chi connectivity index (χ4n) is 1.04. The van der Waals surface area contributed by atoms with Crippen molar-refractivity contribution in [3.63, 3.8) is 0 Å². The highest BCUT2D eigenvalue weighted by Crippen LogP contribution is 2.24. The molecule has 0 saturated carbocycles. The quantitative estimate of drug-likeness (QED) is 0.709. The minimum Gasteiger partial charge on any atom is -0.480 e. The zero-order chi connectivity index (χ0) is 9.10. The minimum absolute atomic E-state index is 0.838. The van der Waals surface area contributed by atoms with Gasteiger partial charge in [0.15, 0.2) is 0 Å². The molecule has 1 atom stereocenters. The van der Waals surface area contributed by atoms with E-state index in [9.17, 15) is 0 Å². The van der Waals surface area contributed by atoms with Gasteiger partial charge in [0, 0.05) is 17.1 Å². The first-order chi connectivity index (χ1) is 6.40. The summed E-state index contributed by atoms with van der Waals surface area (Å²) in [7, 11) is 2.22. The number of hydrogen-bond donors (Lipinski definition) is 0. The molecule has 4 heteroatoms. The molecule has 1 heterocycles. The van der Waals surface area contributed by atoms with Gasteiger partial charge in [-0.2, -0.15) is 0 Å². The van der Waals surface area contributed by atoms with Crippen LogP contribution in [0, 0.1) is 0 Å². The van der Waals surface area contributed by atoms with Crippen molar-refractivity contribution >= 4 is 20.8 Å². The highest BCUT2D eigenvalue weighted by Gasteiger charge is 1.99. The van der Waals surface area contributed by atoms with Crippen LogP contribution in [-0.2, 0) is 0 Å². The summed E-state index contributed by atoms with van der Waals surface area (Å²) < 4.78 is 4.99. The molecule has 0 amide bonds. The number of benzene rings is 1. The topological polar surface area (TPSA) is 22.1 Å². The predicted octanol–water partition coefficient (Wildman–Crippen LogP) is 2.98. The van der Waals surface area contributed by atoms with E-state index in [1.54, 1.807) is 17.5 Å². The Morgan fingerprint density at radius 2 is 2.00 bits per heavy atom. The highest BCUT2D eigenvalue weighted by atomic mass is 32.1. The van der Waals surface area contributed by atoms with Gasteiger partial charge in [-0.15, -0.1) is 11.3 Å². The van der Waals surface area contributed by atoms with E-state index in [1.807, 2.05) is 29.6 Å². The normalized spacial score (nSPS) is 9.92. The van der Waals surface area contributed by atoms with Crippen LogP contribution in [0.4, 0.5) is 0 Å². The third-order valence-electron chi connectivity index (χ3n) is 1.67. The molecular weight excluding hydrogens is 201 g/mol. The third-order valence-corrected chi connectivity index (χ3v) is 2.76. The Kier molecular flexibility index (Phi) is 2.57. The van der Waals surface area contributed by atoms with Crippen LogP contribution < -0.4 is 4.52 Å². The van der Waals surface area contributed by atoms with Gasteiger partial charge in [0.2, 0.25) is 0 Å². The Morgan fingerprint density at radius 1 is 1.23 bits per heavy atom. The molecule has 0 fully saturated rings. The highest BCUT2D eigenvalue weighted by molar-refractivity contribution is 7.13. The lowest BCUT2D eigenvalue weighted by Crippen LogP contribution is -1.76. The van der Waals surface area contributed by atoms with Crippen LogP contribution >= 0.6 is 20.8 Å². The monoisotopic (exact) mass is 209 g/mol. The van der Waals surface area contributed by atoms with Crippen LogP contribution in [0.1, 0.15) is 0 Å². The van der Waals surface area contributed by atoms with Crippen LogP contribution in [-0.4, -0.2) is 4.98 Å². The van der Waals surface area contributed by atoms with Gasteiger partial charge in [-0.05, 0) is 24.3 Å². The first-order valence-electron chi connectivity index (χ1n) is 3.77. The third kappa shape index (κ3) is 1.87. The molecule has 1 unspecified atom stereocenters. The zero-order valence-corrected chi connectivity index (χ0v) is 8.78. The molecule has 66 valence electrons. The van der Waals surface area contributed by atoms with E-state index in [0.717, 1.165) is 16.3 Å². The summed E-state index contributed by atoms with van der Waals surface area (Å²) in [5.74, 6) is 0.838. The van der Waals surface area contributed by atoms with Crippen molar-refractivity contribution in [3.05, 3.63) is 35.8 Å². The maximum absolute atomic E-state index is 4.99. The second-order valence-corrected chi connectivity index (χ2v) is 3.61. The number of hydrogen-bond acceptors (Lipinski definition) is 3. The molecule has 2 rings (SSSR count). The van der Waals surface area contributed by atoms with E-state index in [4.69, 9.17) is 4.52 Å². The predicted molar refractivity (Wildman–Crippen MR) is 57.9 cm³/mol. The maximum atomic E-state index is 4.99.